The van der Waals surface area contributed by atoms with E-state index in [2.05, 4.69) is 15.1 Å². The lowest BCUT2D eigenvalue weighted by atomic mass is 9.96. The first-order valence-corrected chi connectivity index (χ1v) is 9.09. The Bertz CT molecular complexity index is 922. The van der Waals surface area contributed by atoms with Gasteiger partial charge in [-0.25, -0.2) is 4.39 Å². The molecular weight excluding hydrogens is 363 g/mol. The maximum Gasteiger partial charge on any atom is 0.264 e. The second-order valence-corrected chi connectivity index (χ2v) is 6.60. The van der Waals surface area contributed by atoms with Crippen LogP contribution in [0.25, 0.3) is 0 Å². The normalized spacial score (nSPS) is 14.8. The van der Waals surface area contributed by atoms with Gasteiger partial charge >= 0.3 is 0 Å². The number of piperidine rings is 1. The van der Waals surface area contributed by atoms with E-state index in [9.17, 15) is 9.18 Å². The summed E-state index contributed by atoms with van der Waals surface area (Å²) in [6.07, 6.45) is 4.77. The second kappa shape index (κ2) is 8.16. The van der Waals surface area contributed by atoms with Gasteiger partial charge in [-0.3, -0.25) is 9.78 Å². The lowest BCUT2D eigenvalue weighted by Crippen LogP contribution is -2.38. The Morgan fingerprint density at radius 3 is 2.71 bits per heavy atom. The average Bonchev–Trinajstić information content (AvgIpc) is 3.23. The van der Waals surface area contributed by atoms with Gasteiger partial charge in [-0.05, 0) is 49.2 Å². The Morgan fingerprint density at radius 2 is 2.00 bits per heavy atom. The molecule has 0 aliphatic carbocycles. The van der Waals surface area contributed by atoms with Crippen LogP contribution in [-0.2, 0) is 6.61 Å². The molecule has 7 nitrogen and oxygen atoms in total. The lowest BCUT2D eigenvalue weighted by Gasteiger charge is -2.30. The SMILES string of the molecule is O=C(c1cccnc1)N1CCC(c2noc(COc3ccc(F)cc3)n2)CC1. The number of nitrogens with zero attached hydrogens (tertiary/aromatic N) is 4. The van der Waals surface area contributed by atoms with Gasteiger partial charge in [0.1, 0.15) is 11.6 Å². The molecule has 0 unspecified atom stereocenters. The molecule has 0 radical (unpaired) electrons. The monoisotopic (exact) mass is 382 g/mol. The van der Waals surface area contributed by atoms with Crippen molar-refractivity contribution in [3.8, 4) is 5.75 Å². The molecule has 0 N–H and O–H groups in total. The molecule has 1 fully saturated rings. The Kier molecular flexibility index (Phi) is 5.27. The van der Waals surface area contributed by atoms with Crippen molar-refractivity contribution < 1.29 is 18.4 Å². The molecule has 1 aromatic carbocycles. The van der Waals surface area contributed by atoms with Crippen molar-refractivity contribution in [2.24, 2.45) is 0 Å². The van der Waals surface area contributed by atoms with Crippen molar-refractivity contribution in [2.45, 2.75) is 25.4 Å². The summed E-state index contributed by atoms with van der Waals surface area (Å²) in [4.78, 5) is 22.7. The van der Waals surface area contributed by atoms with Crippen LogP contribution in [0.1, 0.15) is 40.8 Å². The summed E-state index contributed by atoms with van der Waals surface area (Å²) in [7, 11) is 0. The molecule has 28 heavy (non-hydrogen) atoms. The molecule has 4 rings (SSSR count). The molecule has 3 aromatic rings. The molecule has 1 saturated heterocycles. The van der Waals surface area contributed by atoms with Gasteiger partial charge in [0.2, 0.25) is 0 Å². The molecule has 1 aliphatic heterocycles. The summed E-state index contributed by atoms with van der Waals surface area (Å²) in [6, 6.07) is 9.27. The Morgan fingerprint density at radius 1 is 1.21 bits per heavy atom. The number of aromatic nitrogens is 3. The van der Waals surface area contributed by atoms with Crippen LogP contribution in [-0.4, -0.2) is 39.0 Å². The van der Waals surface area contributed by atoms with Gasteiger partial charge < -0.3 is 14.2 Å². The number of hydrogen-bond acceptors (Lipinski definition) is 6. The first-order valence-electron chi connectivity index (χ1n) is 9.09. The number of pyridine rings is 1. The summed E-state index contributed by atoms with van der Waals surface area (Å²) in [5.74, 6) is 1.35. The summed E-state index contributed by atoms with van der Waals surface area (Å²) >= 11 is 0. The van der Waals surface area contributed by atoms with Crippen LogP contribution < -0.4 is 4.74 Å². The van der Waals surface area contributed by atoms with Gasteiger partial charge in [0.15, 0.2) is 12.4 Å². The van der Waals surface area contributed by atoms with Crippen molar-refractivity contribution in [2.75, 3.05) is 13.1 Å². The fourth-order valence-corrected chi connectivity index (χ4v) is 3.18. The molecule has 3 heterocycles. The van der Waals surface area contributed by atoms with E-state index in [1.165, 1.54) is 12.1 Å². The number of hydrogen-bond donors (Lipinski definition) is 0. The predicted molar refractivity (Wildman–Crippen MR) is 97.1 cm³/mol. The zero-order valence-corrected chi connectivity index (χ0v) is 15.1. The quantitative estimate of drug-likeness (QED) is 0.674. The number of amides is 1. The first kappa shape index (κ1) is 18.1. The van der Waals surface area contributed by atoms with E-state index in [0.29, 0.717) is 36.1 Å². The summed E-state index contributed by atoms with van der Waals surface area (Å²) in [5, 5.41) is 4.05. The minimum Gasteiger partial charge on any atom is -0.484 e. The molecule has 2 aromatic heterocycles. The molecule has 0 atom stereocenters. The standard InChI is InChI=1S/C20H19FN4O3/c21-16-3-5-17(6-4-16)27-13-18-23-19(24-28-18)14-7-10-25(11-8-14)20(26)15-2-1-9-22-12-15/h1-6,9,12,14H,7-8,10-11,13H2. The maximum absolute atomic E-state index is 12.9. The molecule has 1 aliphatic rings. The van der Waals surface area contributed by atoms with E-state index in [4.69, 9.17) is 9.26 Å². The predicted octanol–water partition coefficient (Wildman–Crippen LogP) is 3.20. The van der Waals surface area contributed by atoms with Crippen molar-refractivity contribution in [1.82, 2.24) is 20.0 Å². The minimum absolute atomic E-state index is 0.00644. The highest BCUT2D eigenvalue weighted by molar-refractivity contribution is 5.93. The fourth-order valence-electron chi connectivity index (χ4n) is 3.18. The van der Waals surface area contributed by atoms with E-state index < -0.39 is 0 Å². The third kappa shape index (κ3) is 4.16. The number of rotatable bonds is 5. The summed E-state index contributed by atoms with van der Waals surface area (Å²) in [5.41, 5.74) is 0.598. The number of halogens is 1. The summed E-state index contributed by atoms with van der Waals surface area (Å²) < 4.78 is 23.7. The van der Waals surface area contributed by atoms with Crippen LogP contribution >= 0.6 is 0 Å². The topological polar surface area (TPSA) is 81.4 Å². The average molecular weight is 382 g/mol. The third-order valence-electron chi connectivity index (χ3n) is 4.72. The highest BCUT2D eigenvalue weighted by atomic mass is 19.1. The Hall–Kier alpha value is -3.29. The van der Waals surface area contributed by atoms with Crippen LogP contribution in [0.4, 0.5) is 4.39 Å². The molecule has 0 spiro atoms. The molecule has 8 heteroatoms. The zero-order chi connectivity index (χ0) is 19.3. The van der Waals surface area contributed by atoms with Crippen LogP contribution in [0, 0.1) is 5.82 Å². The number of benzene rings is 1. The number of carbonyl (C=O) groups excluding carboxylic acids is 1. The molecular formula is C20H19FN4O3. The van der Waals surface area contributed by atoms with Gasteiger partial charge in [0.05, 0.1) is 5.56 Å². The fraction of sp³-hybridized carbons (Fsp3) is 0.300. The van der Waals surface area contributed by atoms with E-state index in [1.54, 1.807) is 36.7 Å². The highest BCUT2D eigenvalue weighted by Crippen LogP contribution is 2.27. The smallest absolute Gasteiger partial charge is 0.264 e. The van der Waals surface area contributed by atoms with E-state index in [-0.39, 0.29) is 24.2 Å². The van der Waals surface area contributed by atoms with Crippen molar-refractivity contribution in [3.63, 3.8) is 0 Å². The van der Waals surface area contributed by atoms with Crippen LogP contribution in [0.2, 0.25) is 0 Å². The Balaban J connectivity index is 1.30. The highest BCUT2D eigenvalue weighted by Gasteiger charge is 2.27. The maximum atomic E-state index is 12.9. The molecule has 1 amide bonds. The van der Waals surface area contributed by atoms with E-state index in [0.717, 1.165) is 12.8 Å². The molecule has 0 bridgehead atoms. The van der Waals surface area contributed by atoms with Crippen molar-refractivity contribution in [1.29, 1.82) is 0 Å². The van der Waals surface area contributed by atoms with Gasteiger partial charge in [0.25, 0.3) is 11.8 Å². The van der Waals surface area contributed by atoms with Gasteiger partial charge in [0, 0.05) is 31.4 Å². The second-order valence-electron chi connectivity index (χ2n) is 6.60. The van der Waals surface area contributed by atoms with Crippen LogP contribution in [0.3, 0.4) is 0 Å². The first-order chi connectivity index (χ1) is 13.7. The van der Waals surface area contributed by atoms with Gasteiger partial charge in [-0.15, -0.1) is 0 Å². The van der Waals surface area contributed by atoms with Crippen LogP contribution in [0.5, 0.6) is 5.75 Å². The largest absolute Gasteiger partial charge is 0.484 e. The van der Waals surface area contributed by atoms with Crippen molar-refractivity contribution >= 4 is 5.91 Å². The van der Waals surface area contributed by atoms with Gasteiger partial charge in [-0.2, -0.15) is 4.98 Å². The minimum atomic E-state index is -0.319. The molecule has 0 saturated carbocycles. The third-order valence-corrected chi connectivity index (χ3v) is 4.72. The van der Waals surface area contributed by atoms with Gasteiger partial charge in [-0.1, -0.05) is 5.16 Å². The zero-order valence-electron chi connectivity index (χ0n) is 15.1. The number of likely N-dealkylation sites (tertiary alicyclic amines) is 1. The van der Waals surface area contributed by atoms with Crippen LogP contribution in [0.15, 0.2) is 53.3 Å². The van der Waals surface area contributed by atoms with E-state index in [1.807, 2.05) is 4.90 Å². The number of ether oxygens (including phenoxy) is 1. The molecule has 144 valence electrons. The van der Waals surface area contributed by atoms with E-state index >= 15 is 0 Å². The summed E-state index contributed by atoms with van der Waals surface area (Å²) in [6.45, 7) is 1.39. The van der Waals surface area contributed by atoms with Crippen molar-refractivity contribution in [3.05, 3.63) is 71.9 Å². The Labute approximate surface area is 161 Å². The number of carbonyl (C=O) groups is 1. The lowest BCUT2D eigenvalue weighted by molar-refractivity contribution is 0.0710.